The van der Waals surface area contributed by atoms with Gasteiger partial charge >= 0.3 is 0 Å². The molecule has 4 heteroatoms. The number of nitrogens with two attached hydrogens (primary N) is 1. The lowest BCUT2D eigenvalue weighted by molar-refractivity contribution is -0.121. The summed E-state index contributed by atoms with van der Waals surface area (Å²) >= 11 is 0. The Bertz CT molecular complexity index is 128. The number of carbonyl (C=O) groups is 1. The van der Waals surface area contributed by atoms with E-state index in [-0.39, 0.29) is 12.0 Å². The predicted molar refractivity (Wildman–Crippen MR) is 47.3 cm³/mol. The van der Waals surface area contributed by atoms with Crippen LogP contribution in [-0.4, -0.2) is 18.6 Å². The Morgan fingerprint density at radius 2 is 2.33 bits per heavy atom. The van der Waals surface area contributed by atoms with Crippen LogP contribution in [-0.2, 0) is 9.53 Å². The molecule has 0 aromatic rings. The van der Waals surface area contributed by atoms with Crippen molar-refractivity contribution >= 4 is 5.91 Å². The molecular weight excluding hydrogens is 156 g/mol. The fourth-order valence-electron chi connectivity index (χ4n) is 0.809. The highest BCUT2D eigenvalue weighted by Crippen LogP contribution is 2.01. The van der Waals surface area contributed by atoms with Crippen molar-refractivity contribution in [3.05, 3.63) is 0 Å². The molecule has 1 amide bonds. The van der Waals surface area contributed by atoms with E-state index in [1.54, 1.807) is 0 Å². The van der Waals surface area contributed by atoms with Crippen LogP contribution in [0.1, 0.15) is 33.1 Å². The van der Waals surface area contributed by atoms with Gasteiger partial charge in [0.1, 0.15) is 0 Å². The molecule has 12 heavy (non-hydrogen) atoms. The van der Waals surface area contributed by atoms with Crippen LogP contribution in [0.4, 0.5) is 0 Å². The molecule has 0 saturated carbocycles. The monoisotopic (exact) mass is 174 g/mol. The molecule has 0 radical (unpaired) electrons. The van der Waals surface area contributed by atoms with E-state index in [2.05, 4.69) is 12.3 Å². The van der Waals surface area contributed by atoms with Gasteiger partial charge in [-0.15, -0.1) is 0 Å². The number of ether oxygens (including phenoxy) is 1. The van der Waals surface area contributed by atoms with E-state index in [0.29, 0.717) is 6.42 Å². The molecule has 0 aliphatic heterocycles. The molecule has 1 unspecified atom stereocenters. The molecule has 0 bridgehead atoms. The van der Waals surface area contributed by atoms with E-state index in [1.165, 1.54) is 0 Å². The third kappa shape index (κ3) is 6.12. The van der Waals surface area contributed by atoms with Gasteiger partial charge in [0.05, 0.1) is 6.10 Å². The summed E-state index contributed by atoms with van der Waals surface area (Å²) in [6.45, 7) is 4.77. The first kappa shape index (κ1) is 11.4. The summed E-state index contributed by atoms with van der Waals surface area (Å²) in [5.74, 6) is 4.78. The predicted octanol–water partition coefficient (Wildman–Crippen LogP) is 0.572. The van der Waals surface area contributed by atoms with Gasteiger partial charge in [0.2, 0.25) is 5.91 Å². The molecule has 0 aliphatic rings. The van der Waals surface area contributed by atoms with Crippen molar-refractivity contribution in [3.8, 4) is 0 Å². The van der Waals surface area contributed by atoms with Crippen molar-refractivity contribution in [3.63, 3.8) is 0 Å². The normalized spacial score (nSPS) is 12.6. The Kier molecular flexibility index (Phi) is 6.70. The Morgan fingerprint density at radius 3 is 2.83 bits per heavy atom. The average molecular weight is 174 g/mol. The highest BCUT2D eigenvalue weighted by atomic mass is 16.5. The molecule has 0 aromatic carbocycles. The minimum absolute atomic E-state index is 0.137. The molecule has 1 atom stereocenters. The zero-order valence-corrected chi connectivity index (χ0v) is 7.80. The second-order valence-electron chi connectivity index (χ2n) is 2.79. The smallest absolute Gasteiger partial charge is 0.233 e. The lowest BCUT2D eigenvalue weighted by Crippen LogP contribution is -2.30. The number of hydrogen-bond acceptors (Lipinski definition) is 3. The second kappa shape index (κ2) is 7.06. The van der Waals surface area contributed by atoms with E-state index in [1.807, 2.05) is 6.92 Å². The Morgan fingerprint density at radius 1 is 1.67 bits per heavy atom. The van der Waals surface area contributed by atoms with E-state index >= 15 is 0 Å². The van der Waals surface area contributed by atoms with Crippen LogP contribution < -0.4 is 11.3 Å². The highest BCUT2D eigenvalue weighted by Gasteiger charge is 2.04. The average Bonchev–Trinajstić information content (AvgIpc) is 2.10. The minimum atomic E-state index is -0.137. The first-order valence-corrected chi connectivity index (χ1v) is 4.31. The first-order valence-electron chi connectivity index (χ1n) is 4.31. The standard InChI is InChI=1S/C8H18N2O2/c1-3-6-12-7(2)4-5-8(11)10-9/h7H,3-6,9H2,1-2H3,(H,10,11). The third-order valence-electron chi connectivity index (χ3n) is 1.55. The van der Waals surface area contributed by atoms with Gasteiger partial charge < -0.3 is 4.74 Å². The van der Waals surface area contributed by atoms with Crippen molar-refractivity contribution in [1.82, 2.24) is 5.43 Å². The van der Waals surface area contributed by atoms with Gasteiger partial charge in [-0.1, -0.05) is 6.92 Å². The molecule has 0 aromatic heterocycles. The summed E-state index contributed by atoms with van der Waals surface area (Å²) in [6.07, 6.45) is 2.31. The molecule has 3 N–H and O–H groups in total. The third-order valence-corrected chi connectivity index (χ3v) is 1.55. The lowest BCUT2D eigenvalue weighted by atomic mass is 10.2. The highest BCUT2D eigenvalue weighted by molar-refractivity contribution is 5.75. The molecule has 72 valence electrons. The van der Waals surface area contributed by atoms with Gasteiger partial charge in [0.15, 0.2) is 0 Å². The number of hydrogen-bond donors (Lipinski definition) is 2. The largest absolute Gasteiger partial charge is 0.379 e. The van der Waals surface area contributed by atoms with Crippen LogP contribution >= 0.6 is 0 Å². The summed E-state index contributed by atoms with van der Waals surface area (Å²) in [4.78, 5) is 10.7. The fraction of sp³-hybridized carbons (Fsp3) is 0.875. The topological polar surface area (TPSA) is 64.3 Å². The second-order valence-corrected chi connectivity index (χ2v) is 2.79. The molecule has 0 spiro atoms. The molecule has 0 aliphatic carbocycles. The Labute approximate surface area is 73.4 Å². The van der Waals surface area contributed by atoms with Crippen LogP contribution in [0.15, 0.2) is 0 Å². The number of rotatable bonds is 6. The van der Waals surface area contributed by atoms with Crippen molar-refractivity contribution in [2.45, 2.75) is 39.2 Å². The van der Waals surface area contributed by atoms with E-state index < -0.39 is 0 Å². The number of amides is 1. The fourth-order valence-corrected chi connectivity index (χ4v) is 0.809. The van der Waals surface area contributed by atoms with Gasteiger partial charge in [0.25, 0.3) is 0 Å². The lowest BCUT2D eigenvalue weighted by Gasteiger charge is -2.10. The van der Waals surface area contributed by atoms with E-state index in [4.69, 9.17) is 10.6 Å². The van der Waals surface area contributed by atoms with Crippen molar-refractivity contribution in [2.75, 3.05) is 6.61 Å². The van der Waals surface area contributed by atoms with Crippen LogP contribution in [0, 0.1) is 0 Å². The summed E-state index contributed by atoms with van der Waals surface area (Å²) < 4.78 is 5.37. The van der Waals surface area contributed by atoms with Crippen LogP contribution in [0.25, 0.3) is 0 Å². The van der Waals surface area contributed by atoms with Gasteiger partial charge in [-0.2, -0.15) is 0 Å². The number of nitrogens with one attached hydrogen (secondary N) is 1. The van der Waals surface area contributed by atoms with Crippen LogP contribution in [0.5, 0.6) is 0 Å². The summed E-state index contributed by atoms with van der Waals surface area (Å²) in [6, 6.07) is 0. The Hall–Kier alpha value is -0.610. The maximum atomic E-state index is 10.7. The Balaban J connectivity index is 3.30. The van der Waals surface area contributed by atoms with Crippen molar-refractivity contribution in [1.29, 1.82) is 0 Å². The van der Waals surface area contributed by atoms with Gasteiger partial charge in [-0.3, -0.25) is 10.2 Å². The van der Waals surface area contributed by atoms with Gasteiger partial charge in [-0.25, -0.2) is 5.84 Å². The number of hydrazine groups is 1. The number of carbonyl (C=O) groups excluding carboxylic acids is 1. The zero-order valence-electron chi connectivity index (χ0n) is 7.80. The van der Waals surface area contributed by atoms with Gasteiger partial charge in [-0.05, 0) is 19.8 Å². The molecule has 0 saturated heterocycles. The van der Waals surface area contributed by atoms with E-state index in [0.717, 1.165) is 19.4 Å². The quantitative estimate of drug-likeness (QED) is 0.351. The SMILES string of the molecule is CCCOC(C)CCC(=O)NN. The zero-order chi connectivity index (χ0) is 9.40. The van der Waals surface area contributed by atoms with Gasteiger partial charge in [0, 0.05) is 13.0 Å². The summed E-state index contributed by atoms with van der Waals surface area (Å²) in [7, 11) is 0. The molecule has 4 nitrogen and oxygen atoms in total. The molecular formula is C8H18N2O2. The maximum absolute atomic E-state index is 10.7. The summed E-state index contributed by atoms with van der Waals surface area (Å²) in [5.41, 5.74) is 2.08. The molecule has 0 heterocycles. The first-order chi connectivity index (χ1) is 5.70. The van der Waals surface area contributed by atoms with Crippen molar-refractivity contribution in [2.24, 2.45) is 5.84 Å². The maximum Gasteiger partial charge on any atom is 0.233 e. The van der Waals surface area contributed by atoms with Crippen molar-refractivity contribution < 1.29 is 9.53 Å². The molecule has 0 rings (SSSR count). The van der Waals surface area contributed by atoms with E-state index in [9.17, 15) is 4.79 Å². The van der Waals surface area contributed by atoms with Crippen LogP contribution in [0.3, 0.4) is 0 Å². The van der Waals surface area contributed by atoms with Crippen LogP contribution in [0.2, 0.25) is 0 Å². The summed E-state index contributed by atoms with van der Waals surface area (Å²) in [5, 5.41) is 0. The molecule has 0 fully saturated rings. The minimum Gasteiger partial charge on any atom is -0.379 e.